The van der Waals surface area contributed by atoms with Gasteiger partial charge < -0.3 is 9.32 Å². The minimum absolute atomic E-state index is 0.533. The topological polar surface area (TPSA) is 16.4 Å². The summed E-state index contributed by atoms with van der Waals surface area (Å²) in [6.07, 6.45) is 0. The lowest BCUT2D eigenvalue weighted by molar-refractivity contribution is 0.669. The molecule has 11 rings (SSSR count). The number of furan rings is 1. The maximum absolute atomic E-state index is 6.37. The fourth-order valence-electron chi connectivity index (χ4n) is 9.34. The van der Waals surface area contributed by atoms with Gasteiger partial charge in [0.2, 0.25) is 0 Å². The van der Waals surface area contributed by atoms with E-state index < -0.39 is 5.41 Å². The fraction of sp³-hybridized carbons (Fsp3) is 0.0182. The standard InChI is InChI=1S/C55H37NO/c1-5-18-38(19-6-1)44-28-17-30-51(54(44)39-20-7-2-8-21-39)56(42-33-35-53-48(36-42)47-27-14-16-31-52(47)57-53)43-32-34-46-45-26-13-15-29-49(45)55(50(46)37-43,40-22-9-3-10-23-40)41-24-11-4-12-25-41/h1-37H. The van der Waals surface area contributed by atoms with Gasteiger partial charge in [0.15, 0.2) is 0 Å². The first-order chi connectivity index (χ1) is 28.3. The molecule has 0 saturated heterocycles. The first kappa shape index (κ1) is 33.0. The summed E-state index contributed by atoms with van der Waals surface area (Å²) in [5.74, 6) is 0. The van der Waals surface area contributed by atoms with Crippen LogP contribution in [0.2, 0.25) is 0 Å². The van der Waals surface area contributed by atoms with E-state index in [0.29, 0.717) is 0 Å². The number of hydrogen-bond acceptors (Lipinski definition) is 2. The molecule has 2 heteroatoms. The molecule has 0 atom stereocenters. The van der Waals surface area contributed by atoms with Gasteiger partial charge in [0.25, 0.3) is 0 Å². The fourth-order valence-corrected chi connectivity index (χ4v) is 9.34. The van der Waals surface area contributed by atoms with Crippen LogP contribution in [-0.4, -0.2) is 0 Å². The van der Waals surface area contributed by atoms with Crippen molar-refractivity contribution in [2.45, 2.75) is 5.41 Å². The van der Waals surface area contributed by atoms with Gasteiger partial charge in [-0.25, -0.2) is 0 Å². The molecule has 0 unspecified atom stereocenters. The van der Waals surface area contributed by atoms with E-state index in [9.17, 15) is 0 Å². The molecule has 0 radical (unpaired) electrons. The smallest absolute Gasteiger partial charge is 0.135 e. The Bertz CT molecular complexity index is 3020. The SMILES string of the molecule is c1ccc(-c2cccc(N(c3ccc4c(c3)C(c3ccccc3)(c3ccccc3)c3ccccc3-4)c3ccc4oc5ccccc5c4c3)c2-c2ccccc2)cc1. The van der Waals surface area contributed by atoms with Crippen molar-refractivity contribution in [2.24, 2.45) is 0 Å². The maximum Gasteiger partial charge on any atom is 0.135 e. The second-order valence-corrected chi connectivity index (χ2v) is 14.8. The molecule has 0 N–H and O–H groups in total. The number of para-hydroxylation sites is 1. The van der Waals surface area contributed by atoms with Gasteiger partial charge in [-0.15, -0.1) is 0 Å². The van der Waals surface area contributed by atoms with Crippen LogP contribution in [0.1, 0.15) is 22.3 Å². The van der Waals surface area contributed by atoms with Crippen molar-refractivity contribution in [1.29, 1.82) is 0 Å². The summed E-state index contributed by atoms with van der Waals surface area (Å²) in [6.45, 7) is 0. The van der Waals surface area contributed by atoms with Crippen molar-refractivity contribution in [3.63, 3.8) is 0 Å². The van der Waals surface area contributed by atoms with E-state index in [1.165, 1.54) is 50.1 Å². The summed E-state index contributed by atoms with van der Waals surface area (Å²) in [6, 6.07) is 81.4. The zero-order valence-corrected chi connectivity index (χ0v) is 31.2. The third-order valence-electron chi connectivity index (χ3n) is 11.7. The molecule has 57 heavy (non-hydrogen) atoms. The van der Waals surface area contributed by atoms with E-state index in [-0.39, 0.29) is 0 Å². The minimum atomic E-state index is -0.533. The predicted molar refractivity (Wildman–Crippen MR) is 237 cm³/mol. The Morgan fingerprint density at radius 3 is 1.63 bits per heavy atom. The number of rotatable bonds is 7. The number of fused-ring (bicyclic) bond motifs is 6. The molecule has 1 aliphatic carbocycles. The zero-order chi connectivity index (χ0) is 37.8. The molecule has 0 bridgehead atoms. The lowest BCUT2D eigenvalue weighted by Gasteiger charge is -2.35. The van der Waals surface area contributed by atoms with E-state index >= 15 is 0 Å². The van der Waals surface area contributed by atoms with Crippen LogP contribution in [0.4, 0.5) is 17.1 Å². The summed E-state index contributed by atoms with van der Waals surface area (Å²) in [4.78, 5) is 2.46. The van der Waals surface area contributed by atoms with E-state index in [2.05, 4.69) is 223 Å². The van der Waals surface area contributed by atoms with Crippen molar-refractivity contribution in [3.05, 3.63) is 247 Å². The molecular weight excluding hydrogens is 691 g/mol. The Balaban J connectivity index is 1.24. The Morgan fingerprint density at radius 2 is 0.895 bits per heavy atom. The monoisotopic (exact) mass is 727 g/mol. The van der Waals surface area contributed by atoms with Crippen LogP contribution >= 0.6 is 0 Å². The quantitative estimate of drug-likeness (QED) is 0.163. The number of nitrogens with zero attached hydrogens (tertiary/aromatic N) is 1. The highest BCUT2D eigenvalue weighted by atomic mass is 16.3. The molecule has 0 fully saturated rings. The van der Waals surface area contributed by atoms with Crippen LogP contribution in [0.15, 0.2) is 229 Å². The molecule has 0 amide bonds. The maximum atomic E-state index is 6.37. The van der Waals surface area contributed by atoms with Crippen LogP contribution in [0, 0.1) is 0 Å². The number of hydrogen-bond donors (Lipinski definition) is 0. The van der Waals surface area contributed by atoms with Gasteiger partial charge in [-0.3, -0.25) is 0 Å². The zero-order valence-electron chi connectivity index (χ0n) is 31.2. The molecular formula is C55H37NO. The van der Waals surface area contributed by atoms with Crippen LogP contribution in [0.5, 0.6) is 0 Å². The Morgan fingerprint density at radius 1 is 0.351 bits per heavy atom. The summed E-state index contributed by atoms with van der Waals surface area (Å²) < 4.78 is 6.37. The van der Waals surface area contributed by atoms with Crippen molar-refractivity contribution in [3.8, 4) is 33.4 Å². The van der Waals surface area contributed by atoms with Gasteiger partial charge in [0.1, 0.15) is 11.2 Å². The van der Waals surface area contributed by atoms with E-state index in [4.69, 9.17) is 4.42 Å². The molecule has 10 aromatic rings. The average Bonchev–Trinajstić information content (AvgIpc) is 3.81. The molecule has 0 spiro atoms. The van der Waals surface area contributed by atoms with Crippen molar-refractivity contribution < 1.29 is 4.42 Å². The molecule has 2 nitrogen and oxygen atoms in total. The van der Waals surface area contributed by atoms with Crippen molar-refractivity contribution in [1.82, 2.24) is 0 Å². The lowest BCUT2D eigenvalue weighted by atomic mass is 9.67. The first-order valence-electron chi connectivity index (χ1n) is 19.6. The molecule has 268 valence electrons. The Hall–Kier alpha value is -7.42. The lowest BCUT2D eigenvalue weighted by Crippen LogP contribution is -2.28. The van der Waals surface area contributed by atoms with Gasteiger partial charge in [-0.1, -0.05) is 182 Å². The second kappa shape index (κ2) is 13.4. The summed E-state index contributed by atoms with van der Waals surface area (Å²) in [5.41, 5.74) is 16.7. The largest absolute Gasteiger partial charge is 0.456 e. The van der Waals surface area contributed by atoms with E-state index in [1.807, 2.05) is 6.07 Å². The van der Waals surface area contributed by atoms with Crippen LogP contribution in [-0.2, 0) is 5.41 Å². The van der Waals surface area contributed by atoms with Crippen LogP contribution < -0.4 is 4.90 Å². The van der Waals surface area contributed by atoms with Gasteiger partial charge in [0, 0.05) is 27.7 Å². The first-order valence-corrected chi connectivity index (χ1v) is 19.6. The van der Waals surface area contributed by atoms with Gasteiger partial charge >= 0.3 is 0 Å². The van der Waals surface area contributed by atoms with Crippen LogP contribution in [0.3, 0.4) is 0 Å². The third-order valence-corrected chi connectivity index (χ3v) is 11.7. The highest BCUT2D eigenvalue weighted by Crippen LogP contribution is 2.57. The highest BCUT2D eigenvalue weighted by molar-refractivity contribution is 6.07. The Labute approximate surface area is 332 Å². The number of anilines is 3. The predicted octanol–water partition coefficient (Wildman–Crippen LogP) is 14.8. The third kappa shape index (κ3) is 5.18. The molecule has 1 aliphatic rings. The normalized spacial score (nSPS) is 12.7. The van der Waals surface area contributed by atoms with Crippen molar-refractivity contribution >= 4 is 39.0 Å². The van der Waals surface area contributed by atoms with E-state index in [0.717, 1.165) is 44.6 Å². The molecule has 1 heterocycles. The summed E-state index contributed by atoms with van der Waals surface area (Å²) in [7, 11) is 0. The molecule has 1 aromatic heterocycles. The molecule has 0 saturated carbocycles. The van der Waals surface area contributed by atoms with Gasteiger partial charge in [-0.05, 0) is 92.5 Å². The average molecular weight is 728 g/mol. The molecule has 0 aliphatic heterocycles. The summed E-state index contributed by atoms with van der Waals surface area (Å²) in [5, 5.41) is 2.19. The molecule has 9 aromatic carbocycles. The highest BCUT2D eigenvalue weighted by Gasteiger charge is 2.46. The second-order valence-electron chi connectivity index (χ2n) is 14.8. The van der Waals surface area contributed by atoms with Gasteiger partial charge in [0.05, 0.1) is 11.1 Å². The Kier molecular flexibility index (Phi) is 7.75. The van der Waals surface area contributed by atoms with Crippen LogP contribution in [0.25, 0.3) is 55.3 Å². The summed E-state index contributed by atoms with van der Waals surface area (Å²) >= 11 is 0. The van der Waals surface area contributed by atoms with E-state index in [1.54, 1.807) is 0 Å². The van der Waals surface area contributed by atoms with Gasteiger partial charge in [-0.2, -0.15) is 0 Å². The minimum Gasteiger partial charge on any atom is -0.456 e. The number of benzene rings is 9. The van der Waals surface area contributed by atoms with Crippen molar-refractivity contribution in [2.75, 3.05) is 4.90 Å².